The van der Waals surface area contributed by atoms with Gasteiger partial charge in [-0.3, -0.25) is 9.59 Å². The van der Waals surface area contributed by atoms with Crippen molar-refractivity contribution in [3.8, 4) is 6.07 Å². The largest absolute Gasteiger partial charge is 0.345 e. The molecule has 0 saturated carbocycles. The predicted octanol–water partition coefficient (Wildman–Crippen LogP) is 4.30. The van der Waals surface area contributed by atoms with Crippen LogP contribution in [0.15, 0.2) is 89.4 Å². The maximum atomic E-state index is 13.0. The van der Waals surface area contributed by atoms with Crippen molar-refractivity contribution < 1.29 is 9.59 Å². The average Bonchev–Trinajstić information content (AvgIpc) is 3.18. The number of benzene rings is 3. The number of nitrogens with one attached hydrogen (secondary N) is 2. The molecule has 1 aliphatic rings. The number of nitrogens with zero attached hydrogens (tertiary/aromatic N) is 2. The van der Waals surface area contributed by atoms with Crippen LogP contribution in [0.2, 0.25) is 0 Å². The van der Waals surface area contributed by atoms with Gasteiger partial charge in [-0.05, 0) is 31.5 Å². The number of aliphatic imine (C=N–C) groups is 1. The van der Waals surface area contributed by atoms with Crippen LogP contribution >= 0.6 is 0 Å². The van der Waals surface area contributed by atoms with E-state index in [1.165, 1.54) is 0 Å². The Balaban J connectivity index is 1.65. The summed E-state index contributed by atoms with van der Waals surface area (Å²) in [5.74, 6) is -0.526. The summed E-state index contributed by atoms with van der Waals surface area (Å²) in [6.07, 6.45) is 0. The lowest BCUT2D eigenvalue weighted by Gasteiger charge is -2.14. The van der Waals surface area contributed by atoms with Gasteiger partial charge in [0.05, 0.1) is 11.7 Å². The highest BCUT2D eigenvalue weighted by atomic mass is 16.2. The highest BCUT2D eigenvalue weighted by Gasteiger charge is 2.27. The SMILES string of the molecule is Cc1ccc(C(=O)NC2=NC(=C(C#N)C(=O)NC(C)c3ccccc3)c3ccccc32)cc1. The minimum Gasteiger partial charge on any atom is -0.345 e. The van der Waals surface area contributed by atoms with E-state index >= 15 is 0 Å². The van der Waals surface area contributed by atoms with Crippen LogP contribution < -0.4 is 10.6 Å². The van der Waals surface area contributed by atoms with Gasteiger partial charge in [0.2, 0.25) is 0 Å². The first-order valence-corrected chi connectivity index (χ1v) is 10.5. The summed E-state index contributed by atoms with van der Waals surface area (Å²) in [4.78, 5) is 30.2. The van der Waals surface area contributed by atoms with Crippen LogP contribution in [0, 0.1) is 18.3 Å². The summed E-state index contributed by atoms with van der Waals surface area (Å²) < 4.78 is 0. The second-order valence-corrected chi connectivity index (χ2v) is 7.77. The fourth-order valence-corrected chi connectivity index (χ4v) is 3.60. The standard InChI is InChI=1S/C27H22N4O2/c1-17-12-14-20(15-13-17)26(32)31-25-22-11-7-6-10-21(22)24(30-25)23(16-28)27(33)29-18(2)19-8-4-3-5-9-19/h3-15,18H,1-2H3,(H,29,33)(H,30,31,32). The number of fused-ring (bicyclic) bond motifs is 1. The van der Waals surface area contributed by atoms with Gasteiger partial charge in [0.1, 0.15) is 17.5 Å². The molecule has 0 radical (unpaired) electrons. The van der Waals surface area contributed by atoms with E-state index in [2.05, 4.69) is 15.6 Å². The molecule has 1 unspecified atom stereocenters. The molecule has 6 nitrogen and oxygen atoms in total. The molecular formula is C27H22N4O2. The van der Waals surface area contributed by atoms with Crippen LogP contribution in [-0.4, -0.2) is 17.6 Å². The average molecular weight is 434 g/mol. The molecule has 4 rings (SSSR count). The van der Waals surface area contributed by atoms with Crippen molar-refractivity contribution in [2.45, 2.75) is 19.9 Å². The fourth-order valence-electron chi connectivity index (χ4n) is 3.60. The summed E-state index contributed by atoms with van der Waals surface area (Å²) in [5, 5.41) is 15.5. The quantitative estimate of drug-likeness (QED) is 0.474. The number of amidine groups is 1. The molecule has 0 aliphatic carbocycles. The van der Waals surface area contributed by atoms with Gasteiger partial charge in [0.25, 0.3) is 11.8 Å². The van der Waals surface area contributed by atoms with Gasteiger partial charge >= 0.3 is 0 Å². The third kappa shape index (κ3) is 4.58. The van der Waals surface area contributed by atoms with Crippen molar-refractivity contribution in [2.75, 3.05) is 0 Å². The van der Waals surface area contributed by atoms with E-state index < -0.39 is 5.91 Å². The highest BCUT2D eigenvalue weighted by molar-refractivity contribution is 6.20. The van der Waals surface area contributed by atoms with Gasteiger partial charge in [-0.15, -0.1) is 0 Å². The zero-order valence-corrected chi connectivity index (χ0v) is 18.3. The molecule has 162 valence electrons. The number of rotatable bonds is 4. The van der Waals surface area contributed by atoms with E-state index in [4.69, 9.17) is 0 Å². The minimum absolute atomic E-state index is 0.107. The molecule has 1 atom stereocenters. The number of nitriles is 1. The van der Waals surface area contributed by atoms with Gasteiger partial charge in [-0.2, -0.15) is 5.26 Å². The number of amides is 2. The van der Waals surface area contributed by atoms with E-state index in [-0.39, 0.29) is 23.2 Å². The van der Waals surface area contributed by atoms with Gasteiger partial charge in [0, 0.05) is 16.7 Å². The van der Waals surface area contributed by atoms with E-state index in [9.17, 15) is 14.9 Å². The Hall–Kier alpha value is -4.50. The molecule has 1 aliphatic heterocycles. The monoisotopic (exact) mass is 434 g/mol. The molecule has 0 spiro atoms. The predicted molar refractivity (Wildman–Crippen MR) is 127 cm³/mol. The Morgan fingerprint density at radius 3 is 2.21 bits per heavy atom. The lowest BCUT2D eigenvalue weighted by Crippen LogP contribution is -2.30. The fraction of sp³-hybridized carbons (Fsp3) is 0.111. The third-order valence-electron chi connectivity index (χ3n) is 5.43. The zero-order valence-electron chi connectivity index (χ0n) is 18.3. The maximum Gasteiger partial charge on any atom is 0.264 e. The van der Waals surface area contributed by atoms with E-state index in [1.807, 2.05) is 68.4 Å². The van der Waals surface area contributed by atoms with Crippen LogP contribution in [0.25, 0.3) is 5.70 Å². The lowest BCUT2D eigenvalue weighted by atomic mass is 10.0. The molecule has 0 bridgehead atoms. The van der Waals surface area contributed by atoms with Crippen LogP contribution in [0.1, 0.15) is 45.6 Å². The summed E-state index contributed by atoms with van der Waals surface area (Å²) in [5.41, 5.74) is 3.88. The molecule has 0 aromatic heterocycles. The second-order valence-electron chi connectivity index (χ2n) is 7.77. The first-order valence-electron chi connectivity index (χ1n) is 10.5. The van der Waals surface area contributed by atoms with Crippen molar-refractivity contribution in [1.29, 1.82) is 5.26 Å². The molecule has 0 saturated heterocycles. The molecule has 0 fully saturated rings. The van der Waals surface area contributed by atoms with Crippen molar-refractivity contribution >= 4 is 23.3 Å². The summed E-state index contributed by atoms with van der Waals surface area (Å²) in [7, 11) is 0. The van der Waals surface area contributed by atoms with Crippen LogP contribution in [-0.2, 0) is 4.79 Å². The first kappa shape index (κ1) is 21.7. The smallest absolute Gasteiger partial charge is 0.264 e. The molecule has 33 heavy (non-hydrogen) atoms. The van der Waals surface area contributed by atoms with E-state index in [0.717, 1.165) is 11.1 Å². The molecular weight excluding hydrogens is 412 g/mol. The third-order valence-corrected chi connectivity index (χ3v) is 5.43. The van der Waals surface area contributed by atoms with Crippen molar-refractivity contribution in [3.63, 3.8) is 0 Å². The van der Waals surface area contributed by atoms with Gasteiger partial charge in [-0.25, -0.2) is 4.99 Å². The first-order chi connectivity index (χ1) is 16.0. The normalized spacial score (nSPS) is 14.4. The van der Waals surface area contributed by atoms with Crippen molar-refractivity contribution in [1.82, 2.24) is 10.6 Å². The Labute approximate surface area is 192 Å². The van der Waals surface area contributed by atoms with Crippen molar-refractivity contribution in [3.05, 3.63) is 112 Å². The highest BCUT2D eigenvalue weighted by Crippen LogP contribution is 2.31. The van der Waals surface area contributed by atoms with Crippen molar-refractivity contribution in [2.24, 2.45) is 4.99 Å². The van der Waals surface area contributed by atoms with E-state index in [0.29, 0.717) is 22.5 Å². The molecule has 2 amide bonds. The number of hydrogen-bond donors (Lipinski definition) is 2. The topological polar surface area (TPSA) is 94.3 Å². The lowest BCUT2D eigenvalue weighted by molar-refractivity contribution is -0.117. The summed E-state index contributed by atoms with van der Waals surface area (Å²) >= 11 is 0. The van der Waals surface area contributed by atoms with Crippen LogP contribution in [0.5, 0.6) is 0 Å². The van der Waals surface area contributed by atoms with E-state index in [1.54, 1.807) is 30.3 Å². The summed E-state index contributed by atoms with van der Waals surface area (Å²) in [6, 6.07) is 25.6. The van der Waals surface area contributed by atoms with Crippen LogP contribution in [0.3, 0.4) is 0 Å². The van der Waals surface area contributed by atoms with Gasteiger partial charge in [-0.1, -0.05) is 72.3 Å². The molecule has 2 N–H and O–H groups in total. The Kier molecular flexibility index (Phi) is 6.14. The Bertz CT molecular complexity index is 1320. The zero-order chi connectivity index (χ0) is 23.4. The van der Waals surface area contributed by atoms with Crippen LogP contribution in [0.4, 0.5) is 0 Å². The molecule has 3 aromatic rings. The van der Waals surface area contributed by atoms with Gasteiger partial charge < -0.3 is 10.6 Å². The molecule has 6 heteroatoms. The Morgan fingerprint density at radius 2 is 1.55 bits per heavy atom. The number of aryl methyl sites for hydroxylation is 1. The Morgan fingerprint density at radius 1 is 0.909 bits per heavy atom. The molecule has 1 heterocycles. The number of carbonyl (C=O) groups is 2. The van der Waals surface area contributed by atoms with Gasteiger partial charge in [0.15, 0.2) is 0 Å². The molecule has 3 aromatic carbocycles. The summed E-state index contributed by atoms with van der Waals surface area (Å²) in [6.45, 7) is 3.80. The number of hydrogen-bond acceptors (Lipinski definition) is 4. The maximum absolute atomic E-state index is 13.0. The number of carbonyl (C=O) groups excluding carboxylic acids is 2. The second kappa shape index (κ2) is 9.33. The minimum atomic E-state index is -0.520.